The lowest BCUT2D eigenvalue weighted by Crippen LogP contribution is -2.00. The molecule has 2 aromatic carbocycles. The van der Waals surface area contributed by atoms with Crippen molar-refractivity contribution in [2.75, 3.05) is 6.61 Å². The van der Waals surface area contributed by atoms with Crippen LogP contribution in [0.15, 0.2) is 65.8 Å². The van der Waals surface area contributed by atoms with Crippen molar-refractivity contribution in [3.63, 3.8) is 0 Å². The van der Waals surface area contributed by atoms with Gasteiger partial charge in [-0.15, -0.1) is 5.69 Å². The van der Waals surface area contributed by atoms with Gasteiger partial charge in [0.25, 0.3) is 0 Å². The molecule has 1 aromatic heterocycles. The Bertz CT molecular complexity index is 925. The molecule has 23 heavy (non-hydrogen) atoms. The highest BCUT2D eigenvalue weighted by Gasteiger charge is 2.12. The Morgan fingerprint density at radius 2 is 1.70 bits per heavy atom. The van der Waals surface area contributed by atoms with Gasteiger partial charge in [0.2, 0.25) is 0 Å². The first-order valence-corrected chi connectivity index (χ1v) is 8.58. The van der Waals surface area contributed by atoms with E-state index in [4.69, 9.17) is 4.74 Å². The normalized spacial score (nSPS) is 11.3. The molecule has 6 heteroatoms. The van der Waals surface area contributed by atoms with Crippen LogP contribution in [0.3, 0.4) is 0 Å². The number of pyridine rings is 1. The predicted molar refractivity (Wildman–Crippen MR) is 89.6 cm³/mol. The first kappa shape index (κ1) is 15.3. The van der Waals surface area contributed by atoms with Gasteiger partial charge in [-0.05, 0) is 19.1 Å². The van der Waals surface area contributed by atoms with Gasteiger partial charge >= 0.3 is 0 Å². The van der Waals surface area contributed by atoms with Crippen LogP contribution in [0, 0.1) is 0 Å². The summed E-state index contributed by atoms with van der Waals surface area (Å²) in [5, 5.41) is 1.34. The summed E-state index contributed by atoms with van der Waals surface area (Å²) in [4.78, 5) is 4.02. The second-order valence-corrected chi connectivity index (χ2v) is 6.38. The maximum atomic E-state index is 12.7. The molecule has 0 N–H and O–H groups in total. The molecule has 0 saturated heterocycles. The Hall–Kier alpha value is -2.60. The summed E-state index contributed by atoms with van der Waals surface area (Å²) in [5.74, 6) is 0.658. The van der Waals surface area contributed by atoms with Crippen LogP contribution in [0.2, 0.25) is 0 Å². The molecule has 0 bridgehead atoms. The van der Waals surface area contributed by atoms with E-state index in [-0.39, 0.29) is 4.90 Å². The molecule has 0 atom stereocenters. The number of aromatic nitrogens is 1. The number of hydrogen-bond acceptors (Lipinski definition) is 4. The molecular formula is C17H15N2O3S-. The summed E-state index contributed by atoms with van der Waals surface area (Å²) >= 11 is 0. The molecule has 0 saturated carbocycles. The molecule has 0 spiro atoms. The number of ether oxygens (including phenoxy) is 1. The van der Waals surface area contributed by atoms with Gasteiger partial charge in [-0.2, -0.15) is 0 Å². The van der Waals surface area contributed by atoms with Crippen molar-refractivity contribution in [3.8, 4) is 5.75 Å². The average Bonchev–Trinajstić information content (AvgIpc) is 2.56. The highest BCUT2D eigenvalue weighted by atomic mass is 32.2. The number of rotatable bonds is 5. The maximum Gasteiger partial charge on any atom is 0.127 e. The molecular weight excluding hydrogens is 312 g/mol. The SMILES string of the molecule is CCOc1ccc(S(=O)(=O)[N-]c2ccncc2)c2ccccc12. The molecule has 1 heterocycles. The van der Waals surface area contributed by atoms with E-state index in [1.54, 1.807) is 30.3 Å². The second-order valence-electron chi connectivity index (χ2n) is 4.81. The Morgan fingerprint density at radius 3 is 2.39 bits per heavy atom. The fraction of sp³-hybridized carbons (Fsp3) is 0.118. The third kappa shape index (κ3) is 3.12. The predicted octanol–water partition coefficient (Wildman–Crippen LogP) is 4.03. The minimum absolute atomic E-state index is 0.161. The molecule has 118 valence electrons. The fourth-order valence-corrected chi connectivity index (χ4v) is 3.54. The summed E-state index contributed by atoms with van der Waals surface area (Å²) in [6, 6.07) is 13.5. The van der Waals surface area contributed by atoms with Crippen molar-refractivity contribution in [1.29, 1.82) is 0 Å². The van der Waals surface area contributed by atoms with Gasteiger partial charge < -0.3 is 9.46 Å². The minimum Gasteiger partial charge on any atom is -0.573 e. The van der Waals surface area contributed by atoms with Crippen LogP contribution >= 0.6 is 0 Å². The summed E-state index contributed by atoms with van der Waals surface area (Å²) in [5.41, 5.74) is 0.345. The number of fused-ring (bicyclic) bond motifs is 1. The van der Waals surface area contributed by atoms with Gasteiger partial charge in [-0.25, -0.2) is 8.42 Å². The van der Waals surface area contributed by atoms with E-state index in [0.717, 1.165) is 5.39 Å². The summed E-state index contributed by atoms with van der Waals surface area (Å²) in [6.07, 6.45) is 3.01. The first-order chi connectivity index (χ1) is 11.1. The molecule has 3 aromatic rings. The molecule has 0 fully saturated rings. The van der Waals surface area contributed by atoms with Crippen LogP contribution < -0.4 is 4.74 Å². The monoisotopic (exact) mass is 327 g/mol. The van der Waals surface area contributed by atoms with Crippen molar-refractivity contribution >= 4 is 26.5 Å². The quantitative estimate of drug-likeness (QED) is 0.709. The Kier molecular flexibility index (Phi) is 4.16. The summed E-state index contributed by atoms with van der Waals surface area (Å²) < 4.78 is 34.8. The van der Waals surface area contributed by atoms with Gasteiger partial charge in [0.05, 0.1) is 11.5 Å². The first-order valence-electron chi connectivity index (χ1n) is 7.14. The number of hydrogen-bond donors (Lipinski definition) is 0. The van der Waals surface area contributed by atoms with Gasteiger partial charge in [-0.3, -0.25) is 4.98 Å². The third-order valence-corrected chi connectivity index (χ3v) is 4.67. The van der Waals surface area contributed by atoms with Crippen LogP contribution in [-0.4, -0.2) is 20.0 Å². The van der Waals surface area contributed by atoms with Crippen LogP contribution in [0.1, 0.15) is 6.92 Å². The topological polar surface area (TPSA) is 70.4 Å². The number of benzene rings is 2. The lowest BCUT2D eigenvalue weighted by molar-refractivity contribution is 0.344. The third-order valence-electron chi connectivity index (χ3n) is 3.31. The zero-order valence-electron chi connectivity index (χ0n) is 12.5. The van der Waals surface area contributed by atoms with Crippen LogP contribution in [0.5, 0.6) is 5.75 Å². The van der Waals surface area contributed by atoms with E-state index in [1.165, 1.54) is 18.5 Å². The Balaban J connectivity index is 2.11. The molecule has 0 aliphatic carbocycles. The smallest absolute Gasteiger partial charge is 0.127 e. The molecule has 0 radical (unpaired) electrons. The van der Waals surface area contributed by atoms with Crippen molar-refractivity contribution in [3.05, 3.63) is 65.6 Å². The largest absolute Gasteiger partial charge is 0.573 e. The van der Waals surface area contributed by atoms with Crippen molar-refractivity contribution in [2.45, 2.75) is 11.8 Å². The zero-order valence-corrected chi connectivity index (χ0v) is 13.3. The van der Waals surface area contributed by atoms with Gasteiger partial charge in [-0.1, -0.05) is 36.4 Å². The highest BCUT2D eigenvalue weighted by Crippen LogP contribution is 2.35. The molecule has 0 unspecified atom stereocenters. The lowest BCUT2D eigenvalue weighted by atomic mass is 10.1. The van der Waals surface area contributed by atoms with Crippen LogP contribution in [0.4, 0.5) is 5.69 Å². The standard InChI is InChI=1S/C17H15N2O3S/c1-2-22-16-7-8-17(15-6-4-3-5-14(15)16)23(20,21)19-13-9-11-18-12-10-13/h3-12H,2H2,1H3/q-1. The highest BCUT2D eigenvalue weighted by molar-refractivity contribution is 7.94. The molecule has 0 amide bonds. The molecule has 5 nitrogen and oxygen atoms in total. The van der Waals surface area contributed by atoms with Crippen molar-refractivity contribution in [1.82, 2.24) is 4.98 Å². The second kappa shape index (κ2) is 6.26. The van der Waals surface area contributed by atoms with E-state index in [9.17, 15) is 8.42 Å². The number of sulfonamides is 1. The van der Waals surface area contributed by atoms with Crippen LogP contribution in [0.25, 0.3) is 15.5 Å². The average molecular weight is 327 g/mol. The number of nitrogens with zero attached hydrogens (tertiary/aromatic N) is 2. The van der Waals surface area contributed by atoms with Crippen molar-refractivity contribution < 1.29 is 13.2 Å². The zero-order chi connectivity index (χ0) is 16.3. The van der Waals surface area contributed by atoms with Gasteiger partial charge in [0.15, 0.2) is 0 Å². The van der Waals surface area contributed by atoms with E-state index < -0.39 is 10.0 Å². The summed E-state index contributed by atoms with van der Waals surface area (Å²) in [6.45, 7) is 2.40. The van der Waals surface area contributed by atoms with E-state index >= 15 is 0 Å². The molecule has 0 aliphatic heterocycles. The molecule has 0 aliphatic rings. The summed E-state index contributed by atoms with van der Waals surface area (Å²) in [7, 11) is -3.83. The lowest BCUT2D eigenvalue weighted by Gasteiger charge is -2.23. The van der Waals surface area contributed by atoms with E-state index in [2.05, 4.69) is 9.71 Å². The Labute approximate surface area is 135 Å². The molecule has 3 rings (SSSR count). The van der Waals surface area contributed by atoms with Crippen molar-refractivity contribution in [2.24, 2.45) is 0 Å². The fourth-order valence-electron chi connectivity index (χ4n) is 2.34. The van der Waals surface area contributed by atoms with E-state index in [1.807, 2.05) is 19.1 Å². The maximum absolute atomic E-state index is 12.7. The van der Waals surface area contributed by atoms with E-state index in [0.29, 0.717) is 23.4 Å². The van der Waals surface area contributed by atoms with Gasteiger partial charge in [0.1, 0.15) is 15.8 Å². The van der Waals surface area contributed by atoms with Gasteiger partial charge in [0, 0.05) is 23.2 Å². The van der Waals surface area contributed by atoms with Crippen LogP contribution in [-0.2, 0) is 10.0 Å². The minimum atomic E-state index is -3.83. The Morgan fingerprint density at radius 1 is 1.00 bits per heavy atom.